The number of thiazole rings is 1. The van der Waals surface area contributed by atoms with Crippen LogP contribution in [0.3, 0.4) is 0 Å². The van der Waals surface area contributed by atoms with Crippen LogP contribution in [-0.4, -0.2) is 46.3 Å². The molecule has 0 unspecified atom stereocenters. The summed E-state index contributed by atoms with van der Waals surface area (Å²) >= 11 is 1.56. The van der Waals surface area contributed by atoms with Crippen LogP contribution in [-0.2, 0) is 11.3 Å². The van der Waals surface area contributed by atoms with E-state index in [-0.39, 0.29) is 12.1 Å². The molecule has 0 aliphatic carbocycles. The molecule has 3 heterocycles. The van der Waals surface area contributed by atoms with Crippen molar-refractivity contribution >= 4 is 17.4 Å². The van der Waals surface area contributed by atoms with E-state index < -0.39 is 0 Å². The first-order valence-corrected chi connectivity index (χ1v) is 9.04. The van der Waals surface area contributed by atoms with Crippen LogP contribution in [0, 0.1) is 0 Å². The maximum atomic E-state index is 12.4. The van der Waals surface area contributed by atoms with Gasteiger partial charge in [-0.2, -0.15) is 5.10 Å². The molecule has 2 N–H and O–H groups in total. The average molecular weight is 349 g/mol. The molecule has 0 aromatic carbocycles. The lowest BCUT2D eigenvalue weighted by Gasteiger charge is -2.32. The number of aromatic amines is 1. The predicted octanol–water partition coefficient (Wildman–Crippen LogP) is 2.66. The van der Waals surface area contributed by atoms with Gasteiger partial charge < -0.3 is 15.0 Å². The molecule has 8 heteroatoms. The number of amides is 2. The van der Waals surface area contributed by atoms with Crippen LogP contribution >= 0.6 is 11.3 Å². The van der Waals surface area contributed by atoms with E-state index in [0.717, 1.165) is 42.3 Å². The van der Waals surface area contributed by atoms with E-state index in [1.54, 1.807) is 24.6 Å². The molecule has 7 nitrogen and oxygen atoms in total. The first-order chi connectivity index (χ1) is 11.7. The lowest BCUT2D eigenvalue weighted by atomic mass is 9.95. The summed E-state index contributed by atoms with van der Waals surface area (Å²) in [5.41, 5.74) is 1.97. The lowest BCUT2D eigenvalue weighted by molar-refractivity contribution is 0.119. The van der Waals surface area contributed by atoms with Crippen molar-refractivity contribution in [3.8, 4) is 0 Å². The number of carbonyl (C=O) groups is 1. The van der Waals surface area contributed by atoms with Crippen molar-refractivity contribution in [2.75, 3.05) is 20.2 Å². The van der Waals surface area contributed by atoms with Gasteiger partial charge in [-0.1, -0.05) is 0 Å². The number of ether oxygens (including phenoxy) is 1. The molecule has 2 aromatic heterocycles. The van der Waals surface area contributed by atoms with Gasteiger partial charge in [0.1, 0.15) is 11.1 Å². The molecule has 2 atom stereocenters. The minimum Gasteiger partial charge on any atom is -0.375 e. The van der Waals surface area contributed by atoms with Crippen LogP contribution in [0.25, 0.3) is 0 Å². The third kappa shape index (κ3) is 3.93. The highest BCUT2D eigenvalue weighted by Crippen LogP contribution is 2.25. The Bertz CT molecular complexity index is 657. The molecule has 1 aliphatic heterocycles. The number of hydrogen-bond acceptors (Lipinski definition) is 5. The zero-order chi connectivity index (χ0) is 16.9. The summed E-state index contributed by atoms with van der Waals surface area (Å²) in [6.45, 7) is 3.91. The monoisotopic (exact) mass is 349 g/mol. The van der Waals surface area contributed by atoms with Gasteiger partial charge in [0.25, 0.3) is 0 Å². The van der Waals surface area contributed by atoms with E-state index in [2.05, 4.69) is 20.5 Å². The molecule has 0 radical (unpaired) electrons. The van der Waals surface area contributed by atoms with Gasteiger partial charge in [-0.3, -0.25) is 5.10 Å². The maximum Gasteiger partial charge on any atom is 0.317 e. The molecular formula is C16H23N5O2S. The fraction of sp³-hybridized carbons (Fsp3) is 0.562. The number of hydrogen-bond donors (Lipinski definition) is 2. The lowest BCUT2D eigenvalue weighted by Crippen LogP contribution is -2.44. The minimum absolute atomic E-state index is 0.0169. The van der Waals surface area contributed by atoms with Crippen LogP contribution in [0.15, 0.2) is 17.6 Å². The van der Waals surface area contributed by atoms with Crippen LogP contribution in [0.1, 0.15) is 48.2 Å². The Morgan fingerprint density at radius 2 is 2.50 bits per heavy atom. The quantitative estimate of drug-likeness (QED) is 0.869. The molecule has 1 fully saturated rings. The highest BCUT2D eigenvalue weighted by atomic mass is 32.1. The molecule has 130 valence electrons. The van der Waals surface area contributed by atoms with Crippen LogP contribution < -0.4 is 5.32 Å². The number of nitrogens with zero attached hydrogens (tertiary/aromatic N) is 3. The molecule has 1 saturated heterocycles. The number of aromatic nitrogens is 3. The Labute approximate surface area is 145 Å². The zero-order valence-corrected chi connectivity index (χ0v) is 14.8. The summed E-state index contributed by atoms with van der Waals surface area (Å²) in [5, 5.41) is 12.9. The maximum absolute atomic E-state index is 12.4. The van der Waals surface area contributed by atoms with Gasteiger partial charge >= 0.3 is 6.03 Å². The fourth-order valence-corrected chi connectivity index (χ4v) is 3.73. The van der Waals surface area contributed by atoms with E-state index >= 15 is 0 Å². The summed E-state index contributed by atoms with van der Waals surface area (Å²) in [5.74, 6) is 0.334. The van der Waals surface area contributed by atoms with Crippen LogP contribution in [0.5, 0.6) is 0 Å². The summed E-state index contributed by atoms with van der Waals surface area (Å²) in [6, 6.07) is 1.95. The number of methoxy groups -OCH3 is 1. The van der Waals surface area contributed by atoms with Crippen molar-refractivity contribution < 1.29 is 9.53 Å². The predicted molar refractivity (Wildman–Crippen MR) is 91.9 cm³/mol. The van der Waals surface area contributed by atoms with Gasteiger partial charge in [0.15, 0.2) is 0 Å². The number of nitrogens with one attached hydrogen (secondary N) is 2. The van der Waals surface area contributed by atoms with Gasteiger partial charge in [-0.15, -0.1) is 11.3 Å². The smallest absolute Gasteiger partial charge is 0.317 e. The van der Waals surface area contributed by atoms with Gasteiger partial charge in [0.2, 0.25) is 0 Å². The number of carbonyl (C=O) groups excluding carboxylic acids is 1. The van der Waals surface area contributed by atoms with Crippen molar-refractivity contribution in [2.24, 2.45) is 0 Å². The summed E-state index contributed by atoms with van der Waals surface area (Å²) < 4.78 is 5.26. The van der Waals surface area contributed by atoms with E-state index in [4.69, 9.17) is 4.74 Å². The second-order valence-corrected chi connectivity index (χ2v) is 6.90. The first-order valence-electron chi connectivity index (χ1n) is 8.16. The molecule has 0 saturated carbocycles. The molecule has 24 heavy (non-hydrogen) atoms. The van der Waals surface area contributed by atoms with Gasteiger partial charge in [0, 0.05) is 43.4 Å². The SMILES string of the molecule is CO[C@H](C)c1nc(CNC(=O)N2CCC[C@@H](c3ccn[nH]3)C2)cs1. The van der Waals surface area contributed by atoms with Crippen molar-refractivity contribution in [3.05, 3.63) is 34.0 Å². The standard InChI is InChI=1S/C16H23N5O2S/c1-11(23-2)15-19-13(10-24-15)8-17-16(22)21-7-3-4-12(9-21)14-5-6-18-20-14/h5-6,10-12H,3-4,7-9H2,1-2H3,(H,17,22)(H,18,20)/t11-,12-/m1/s1. The largest absolute Gasteiger partial charge is 0.375 e. The highest BCUT2D eigenvalue weighted by molar-refractivity contribution is 7.09. The number of likely N-dealkylation sites (tertiary alicyclic amines) is 1. The van der Waals surface area contributed by atoms with Gasteiger partial charge in [0.05, 0.1) is 12.2 Å². The fourth-order valence-electron chi connectivity index (χ4n) is 2.88. The average Bonchev–Trinajstić information content (AvgIpc) is 3.30. The Kier molecular flexibility index (Phi) is 5.47. The molecule has 2 aromatic rings. The Morgan fingerprint density at radius 1 is 1.62 bits per heavy atom. The summed E-state index contributed by atoms with van der Waals surface area (Å²) in [4.78, 5) is 18.8. The first kappa shape index (κ1) is 16.9. The van der Waals surface area contributed by atoms with Crippen LogP contribution in [0.4, 0.5) is 4.79 Å². The van der Waals surface area contributed by atoms with E-state index in [0.29, 0.717) is 12.5 Å². The molecular weight excluding hydrogens is 326 g/mol. The Hall–Kier alpha value is -1.93. The Balaban J connectivity index is 1.52. The Morgan fingerprint density at radius 3 is 3.25 bits per heavy atom. The zero-order valence-electron chi connectivity index (χ0n) is 14.0. The van der Waals surface area contributed by atoms with Gasteiger partial charge in [-0.05, 0) is 25.8 Å². The van der Waals surface area contributed by atoms with Gasteiger partial charge in [-0.25, -0.2) is 9.78 Å². The van der Waals surface area contributed by atoms with Crippen molar-refractivity contribution in [1.82, 2.24) is 25.4 Å². The van der Waals surface area contributed by atoms with E-state index in [1.165, 1.54) is 0 Å². The van der Waals surface area contributed by atoms with E-state index in [1.807, 2.05) is 23.3 Å². The second kappa shape index (κ2) is 7.76. The molecule has 0 spiro atoms. The summed E-state index contributed by atoms with van der Waals surface area (Å²) in [6.07, 6.45) is 3.83. The van der Waals surface area contributed by atoms with E-state index in [9.17, 15) is 4.79 Å². The van der Waals surface area contributed by atoms with Crippen LogP contribution in [0.2, 0.25) is 0 Å². The molecule has 1 aliphatic rings. The van der Waals surface area contributed by atoms with Crippen molar-refractivity contribution in [2.45, 2.75) is 38.3 Å². The molecule has 2 amide bonds. The summed E-state index contributed by atoms with van der Waals surface area (Å²) in [7, 11) is 1.67. The topological polar surface area (TPSA) is 83.1 Å². The van der Waals surface area contributed by atoms with Crippen molar-refractivity contribution in [3.63, 3.8) is 0 Å². The van der Waals surface area contributed by atoms with Crippen molar-refractivity contribution in [1.29, 1.82) is 0 Å². The third-order valence-corrected chi connectivity index (χ3v) is 5.42. The second-order valence-electron chi connectivity index (χ2n) is 6.01. The highest BCUT2D eigenvalue weighted by Gasteiger charge is 2.25. The molecule has 0 bridgehead atoms. The molecule has 3 rings (SSSR count). The number of H-pyrrole nitrogens is 1. The minimum atomic E-state index is -0.0337. The number of rotatable bonds is 5. The normalized spacial score (nSPS) is 19.2. The third-order valence-electron chi connectivity index (χ3n) is 4.36. The number of piperidine rings is 1. The number of urea groups is 1.